The number of rotatable bonds is 10. The summed E-state index contributed by atoms with van der Waals surface area (Å²) in [6.07, 6.45) is 1.44. The maximum atomic E-state index is 12.8. The van der Waals surface area contributed by atoms with Gasteiger partial charge in [0.15, 0.2) is 11.5 Å². The van der Waals surface area contributed by atoms with Crippen molar-refractivity contribution in [1.82, 2.24) is 9.73 Å². The van der Waals surface area contributed by atoms with Gasteiger partial charge in [-0.3, -0.25) is 4.79 Å². The van der Waals surface area contributed by atoms with Gasteiger partial charge in [-0.1, -0.05) is 30.3 Å². The van der Waals surface area contributed by atoms with Crippen LogP contribution in [0.15, 0.2) is 82.8 Å². The molecule has 0 bridgehead atoms. The largest absolute Gasteiger partial charge is 0.493 e. The number of ether oxygens (including phenoxy) is 3. The Labute approximate surface area is 198 Å². The van der Waals surface area contributed by atoms with Crippen LogP contribution in [-0.4, -0.2) is 52.7 Å². The molecule has 1 N–H and O–H groups in total. The predicted molar refractivity (Wildman–Crippen MR) is 128 cm³/mol. The number of hydrogen-bond acceptors (Lipinski definition) is 7. The van der Waals surface area contributed by atoms with Crippen LogP contribution in [0.5, 0.6) is 23.0 Å². The van der Waals surface area contributed by atoms with Crippen molar-refractivity contribution in [2.24, 2.45) is 5.10 Å². The summed E-state index contributed by atoms with van der Waals surface area (Å²) in [5.74, 6) is 1.38. The van der Waals surface area contributed by atoms with Gasteiger partial charge in [0.2, 0.25) is 10.0 Å². The van der Waals surface area contributed by atoms with E-state index in [1.807, 2.05) is 30.3 Å². The number of methoxy groups -OCH3 is 2. The second-order valence-electron chi connectivity index (χ2n) is 7.06. The van der Waals surface area contributed by atoms with Gasteiger partial charge in [0.05, 0.1) is 31.9 Å². The summed E-state index contributed by atoms with van der Waals surface area (Å²) in [7, 11) is 0.233. The van der Waals surface area contributed by atoms with Gasteiger partial charge in [0, 0.05) is 13.1 Å². The maximum absolute atomic E-state index is 12.8. The van der Waals surface area contributed by atoms with Crippen LogP contribution in [0, 0.1) is 0 Å². The Kier molecular flexibility index (Phi) is 8.23. The van der Waals surface area contributed by atoms with Crippen molar-refractivity contribution in [3.63, 3.8) is 0 Å². The summed E-state index contributed by atoms with van der Waals surface area (Å²) >= 11 is 0. The number of para-hydroxylation sites is 1. The molecular weight excluding hydrogens is 458 g/mol. The lowest BCUT2D eigenvalue weighted by Gasteiger charge is -2.17. The minimum atomic E-state index is -3.94. The molecule has 178 valence electrons. The van der Waals surface area contributed by atoms with Crippen molar-refractivity contribution in [1.29, 1.82) is 0 Å². The van der Waals surface area contributed by atoms with Gasteiger partial charge < -0.3 is 14.2 Å². The fourth-order valence-electron chi connectivity index (χ4n) is 2.94. The molecule has 1 amide bonds. The molecule has 0 spiro atoms. The Hall–Kier alpha value is -3.89. The van der Waals surface area contributed by atoms with Gasteiger partial charge in [-0.15, -0.1) is 0 Å². The van der Waals surface area contributed by atoms with Crippen LogP contribution in [-0.2, 0) is 14.8 Å². The summed E-state index contributed by atoms with van der Waals surface area (Å²) in [5.41, 5.74) is 3.03. The molecule has 0 atom stereocenters. The molecular formula is C24H25N3O6S. The third-order valence-corrected chi connectivity index (χ3v) is 6.47. The van der Waals surface area contributed by atoms with E-state index in [0.717, 1.165) is 4.31 Å². The van der Waals surface area contributed by atoms with Crippen molar-refractivity contribution in [2.75, 3.05) is 27.8 Å². The lowest BCUT2D eigenvalue weighted by molar-refractivity contribution is -0.121. The summed E-state index contributed by atoms with van der Waals surface area (Å²) in [4.78, 5) is 12.2. The van der Waals surface area contributed by atoms with E-state index in [-0.39, 0.29) is 10.6 Å². The molecule has 34 heavy (non-hydrogen) atoms. The number of nitrogens with zero attached hydrogens (tertiary/aromatic N) is 2. The van der Waals surface area contributed by atoms with Gasteiger partial charge >= 0.3 is 0 Å². The van der Waals surface area contributed by atoms with Crippen LogP contribution in [0.1, 0.15) is 5.56 Å². The standard InChI is InChI=1S/C24H25N3O6S/c1-27(34(29,30)21-12-13-22(31-2)23(15-21)32-3)17-24(28)26-25-16-18-8-7-11-20(14-18)33-19-9-5-4-6-10-19/h4-16H,17H2,1-3H3,(H,26,28)/b25-16-. The molecule has 10 heteroatoms. The van der Waals surface area contributed by atoms with E-state index in [4.69, 9.17) is 14.2 Å². The molecule has 0 heterocycles. The summed E-state index contributed by atoms with van der Waals surface area (Å²) in [6.45, 7) is -0.425. The quantitative estimate of drug-likeness (QED) is 0.350. The summed E-state index contributed by atoms with van der Waals surface area (Å²) < 4.78 is 42.6. The smallest absolute Gasteiger partial charge is 0.255 e. The van der Waals surface area contributed by atoms with Crippen molar-refractivity contribution in [2.45, 2.75) is 4.90 Å². The highest BCUT2D eigenvalue weighted by atomic mass is 32.2. The molecule has 9 nitrogen and oxygen atoms in total. The second-order valence-corrected chi connectivity index (χ2v) is 9.10. The van der Waals surface area contributed by atoms with E-state index in [2.05, 4.69) is 10.5 Å². The number of carbonyl (C=O) groups is 1. The third kappa shape index (κ3) is 6.33. The van der Waals surface area contributed by atoms with Crippen LogP contribution in [0.3, 0.4) is 0 Å². The highest BCUT2D eigenvalue weighted by Gasteiger charge is 2.24. The van der Waals surface area contributed by atoms with Crippen LogP contribution < -0.4 is 19.6 Å². The highest BCUT2D eigenvalue weighted by Crippen LogP contribution is 2.30. The Morgan fingerprint density at radius 3 is 2.35 bits per heavy atom. The fraction of sp³-hybridized carbons (Fsp3) is 0.167. The molecule has 0 aromatic heterocycles. The number of amides is 1. The number of hydrazone groups is 1. The molecule has 0 saturated carbocycles. The molecule has 0 aliphatic carbocycles. The molecule has 0 unspecified atom stereocenters. The minimum Gasteiger partial charge on any atom is -0.493 e. The van der Waals surface area contributed by atoms with Gasteiger partial charge in [-0.05, 0) is 42.0 Å². The Balaban J connectivity index is 1.59. The van der Waals surface area contributed by atoms with Crippen LogP contribution in [0.2, 0.25) is 0 Å². The highest BCUT2D eigenvalue weighted by molar-refractivity contribution is 7.89. The maximum Gasteiger partial charge on any atom is 0.255 e. The first kappa shape index (κ1) is 24.7. The van der Waals surface area contributed by atoms with Gasteiger partial charge in [0.1, 0.15) is 11.5 Å². The monoisotopic (exact) mass is 483 g/mol. The first-order valence-corrected chi connectivity index (χ1v) is 11.6. The van der Waals surface area contributed by atoms with E-state index >= 15 is 0 Å². The lowest BCUT2D eigenvalue weighted by Crippen LogP contribution is -2.36. The third-order valence-electron chi connectivity index (χ3n) is 4.67. The second kappa shape index (κ2) is 11.3. The van der Waals surface area contributed by atoms with E-state index in [9.17, 15) is 13.2 Å². The van der Waals surface area contributed by atoms with Gasteiger partial charge in [0.25, 0.3) is 5.91 Å². The molecule has 0 saturated heterocycles. The number of hydrogen-bond donors (Lipinski definition) is 1. The number of nitrogens with one attached hydrogen (secondary N) is 1. The van der Waals surface area contributed by atoms with Crippen LogP contribution in [0.25, 0.3) is 0 Å². The molecule has 0 aliphatic rings. The molecule has 0 aliphatic heterocycles. The Bertz CT molecular complexity index is 1260. The number of carbonyl (C=O) groups excluding carboxylic acids is 1. The minimum absolute atomic E-state index is 0.0285. The van der Waals surface area contributed by atoms with Crippen LogP contribution >= 0.6 is 0 Å². The first-order valence-electron chi connectivity index (χ1n) is 10.2. The van der Waals surface area contributed by atoms with Crippen molar-refractivity contribution in [3.8, 4) is 23.0 Å². The molecule has 3 aromatic rings. The number of sulfonamides is 1. The van der Waals surface area contributed by atoms with E-state index < -0.39 is 22.5 Å². The van der Waals surface area contributed by atoms with Gasteiger partial charge in [-0.25, -0.2) is 13.8 Å². The molecule has 3 aromatic carbocycles. The zero-order valence-corrected chi connectivity index (χ0v) is 19.8. The van der Waals surface area contributed by atoms with E-state index in [1.165, 1.54) is 45.7 Å². The van der Waals surface area contributed by atoms with Crippen molar-refractivity contribution >= 4 is 22.1 Å². The molecule has 0 radical (unpaired) electrons. The molecule has 3 rings (SSSR count). The predicted octanol–water partition coefficient (Wildman–Crippen LogP) is 3.27. The van der Waals surface area contributed by atoms with Crippen LogP contribution in [0.4, 0.5) is 0 Å². The summed E-state index contributed by atoms with van der Waals surface area (Å²) in [5, 5.41) is 3.91. The zero-order chi connectivity index (χ0) is 24.6. The SMILES string of the molecule is COc1ccc(S(=O)(=O)N(C)CC(=O)N/N=C\c2cccc(Oc3ccccc3)c2)cc1OC. The Morgan fingerprint density at radius 1 is 0.941 bits per heavy atom. The Morgan fingerprint density at radius 2 is 1.65 bits per heavy atom. The zero-order valence-electron chi connectivity index (χ0n) is 19.0. The number of likely N-dealkylation sites (N-methyl/N-ethyl adjacent to an activating group) is 1. The van der Waals surface area contributed by atoms with E-state index in [0.29, 0.717) is 22.8 Å². The first-order chi connectivity index (χ1) is 16.3. The van der Waals surface area contributed by atoms with Gasteiger partial charge in [-0.2, -0.15) is 9.41 Å². The number of benzene rings is 3. The topological polar surface area (TPSA) is 107 Å². The fourth-order valence-corrected chi connectivity index (χ4v) is 4.08. The van der Waals surface area contributed by atoms with Crippen molar-refractivity contribution in [3.05, 3.63) is 78.4 Å². The summed E-state index contributed by atoms with van der Waals surface area (Å²) in [6, 6.07) is 20.7. The van der Waals surface area contributed by atoms with Crippen molar-refractivity contribution < 1.29 is 27.4 Å². The van der Waals surface area contributed by atoms with E-state index in [1.54, 1.807) is 24.3 Å². The average molecular weight is 484 g/mol. The molecule has 0 fully saturated rings. The lowest BCUT2D eigenvalue weighted by atomic mass is 10.2. The average Bonchev–Trinajstić information content (AvgIpc) is 2.84. The normalized spacial score (nSPS) is 11.4.